The molecule has 0 heterocycles. The highest BCUT2D eigenvalue weighted by molar-refractivity contribution is 6.13. The van der Waals surface area contributed by atoms with Gasteiger partial charge in [0.05, 0.1) is 4.92 Å². The zero-order valence-corrected chi connectivity index (χ0v) is 6.40. The second-order valence-electron chi connectivity index (χ2n) is 2.25. The van der Waals surface area contributed by atoms with Crippen molar-refractivity contribution in [2.45, 2.75) is 0 Å². The van der Waals surface area contributed by atoms with E-state index in [4.69, 9.17) is 10.0 Å². The van der Waals surface area contributed by atoms with E-state index < -0.39 is 12.6 Å². The number of halogens is 1. The van der Waals surface area contributed by atoms with Crippen molar-refractivity contribution < 1.29 is 19.4 Å². The van der Waals surface area contributed by atoms with Crippen molar-refractivity contribution in [3.63, 3.8) is 0 Å². The van der Waals surface area contributed by atoms with Gasteiger partial charge in [0.1, 0.15) is 5.82 Å². The van der Waals surface area contributed by atoms with E-state index >= 15 is 0 Å². The minimum atomic E-state index is -0.750. The van der Waals surface area contributed by atoms with Gasteiger partial charge in [-0.3, -0.25) is 10.1 Å². The van der Waals surface area contributed by atoms with Gasteiger partial charge >= 0.3 is 7.69 Å². The number of hydrogen-bond donors (Lipinski definition) is 2. The molecule has 0 radical (unpaired) electrons. The summed E-state index contributed by atoms with van der Waals surface area (Å²) >= 11 is 0. The Balaban J connectivity index is 0.000000251. The lowest BCUT2D eigenvalue weighted by molar-refractivity contribution is -0.384. The fraction of sp³-hybridized carbons (Fsp3) is 0. The van der Waals surface area contributed by atoms with Crippen molar-refractivity contribution in [3.8, 4) is 11.1 Å². The van der Waals surface area contributed by atoms with Gasteiger partial charge in [-0.25, -0.2) is 4.39 Å². The molecular formula is C6H5BFNO4. The van der Waals surface area contributed by atoms with E-state index in [9.17, 15) is 14.5 Å². The molecule has 0 unspecified atom stereocenters. The second-order valence-corrected chi connectivity index (χ2v) is 2.25. The summed E-state index contributed by atoms with van der Waals surface area (Å²) in [6.45, 7) is 0. The van der Waals surface area contributed by atoms with E-state index in [0.29, 0.717) is 11.1 Å². The molecule has 0 saturated carbocycles. The molecule has 5 nitrogen and oxygen atoms in total. The SMILES string of the molecule is O=[N+]([O-])c1cc2c(F)c-2c1.OBO. The number of nitro benzene ring substituents is 1. The van der Waals surface area contributed by atoms with Crippen molar-refractivity contribution >= 4 is 13.4 Å². The van der Waals surface area contributed by atoms with Crippen LogP contribution in [0.3, 0.4) is 0 Å². The number of hydrogen-bond acceptors (Lipinski definition) is 4. The van der Waals surface area contributed by atoms with Crippen LogP contribution in [0.25, 0.3) is 11.1 Å². The summed E-state index contributed by atoms with van der Waals surface area (Å²) in [4.78, 5) is 9.49. The Morgan fingerprint density at radius 2 is 1.77 bits per heavy atom. The zero-order valence-electron chi connectivity index (χ0n) is 6.40. The van der Waals surface area contributed by atoms with E-state index in [-0.39, 0.29) is 11.5 Å². The van der Waals surface area contributed by atoms with E-state index in [1.807, 2.05) is 0 Å². The molecule has 0 aliphatic heterocycles. The van der Waals surface area contributed by atoms with Gasteiger partial charge < -0.3 is 10.0 Å². The summed E-state index contributed by atoms with van der Waals surface area (Å²) in [5.74, 6) is -0.300. The fourth-order valence-corrected chi connectivity index (χ4v) is 0.917. The van der Waals surface area contributed by atoms with Crippen molar-refractivity contribution in [1.82, 2.24) is 0 Å². The first-order valence-corrected chi connectivity index (χ1v) is 3.31. The van der Waals surface area contributed by atoms with E-state index in [1.54, 1.807) is 0 Å². The largest absolute Gasteiger partial charge is 0.432 e. The summed E-state index contributed by atoms with van der Waals surface area (Å²) in [5.41, 5.74) is 0.768. The molecule has 0 aromatic heterocycles. The van der Waals surface area contributed by atoms with Crippen LogP contribution in [0.1, 0.15) is 0 Å². The smallest absolute Gasteiger partial charge is 0.430 e. The van der Waals surface area contributed by atoms with Crippen LogP contribution in [0.15, 0.2) is 12.1 Å². The van der Waals surface area contributed by atoms with E-state index in [1.165, 1.54) is 12.1 Å². The van der Waals surface area contributed by atoms with Gasteiger partial charge in [0.2, 0.25) is 0 Å². The number of nitro groups is 1. The van der Waals surface area contributed by atoms with Gasteiger partial charge in [0, 0.05) is 23.3 Å². The zero-order chi connectivity index (χ0) is 10.0. The third-order valence-electron chi connectivity index (χ3n) is 1.50. The maximum Gasteiger partial charge on any atom is 0.432 e. The topological polar surface area (TPSA) is 83.6 Å². The maximum absolute atomic E-state index is 12.2. The molecule has 0 aromatic rings. The van der Waals surface area contributed by atoms with Crippen LogP contribution in [0.4, 0.5) is 10.1 Å². The predicted molar refractivity (Wildman–Crippen MR) is 43.6 cm³/mol. The lowest BCUT2D eigenvalue weighted by Gasteiger charge is -1.79. The number of non-ortho nitro benzene ring substituents is 1. The Kier molecular flexibility index (Phi) is 2.59. The molecule has 0 fully saturated rings. The van der Waals surface area contributed by atoms with Crippen LogP contribution in [0.2, 0.25) is 0 Å². The Morgan fingerprint density at radius 3 is 2.08 bits per heavy atom. The van der Waals surface area contributed by atoms with Crippen LogP contribution < -0.4 is 0 Å². The van der Waals surface area contributed by atoms with Crippen molar-refractivity contribution in [2.75, 3.05) is 0 Å². The molecule has 2 aliphatic rings. The second kappa shape index (κ2) is 3.50. The molecule has 0 spiro atoms. The highest BCUT2D eigenvalue weighted by Gasteiger charge is 2.30. The highest BCUT2D eigenvalue weighted by atomic mass is 19.1. The van der Waals surface area contributed by atoms with Gasteiger partial charge in [0.15, 0.2) is 0 Å². The van der Waals surface area contributed by atoms with E-state index in [2.05, 4.69) is 0 Å². The first-order valence-electron chi connectivity index (χ1n) is 3.31. The van der Waals surface area contributed by atoms with Crippen LogP contribution in [-0.4, -0.2) is 22.7 Å². The number of nitrogens with zero attached hydrogens (tertiary/aromatic N) is 1. The molecule has 0 amide bonds. The standard InChI is InChI=1S/C6H2FNO2.BH3O2/c7-6-4-1-3(8(9)10)2-5(4)6;2-1-3/h1-2H;1-3H. The Labute approximate surface area is 72.9 Å². The average Bonchev–Trinajstić information content (AvgIpc) is 2.49. The Morgan fingerprint density at radius 1 is 1.38 bits per heavy atom. The number of benzene rings is 1. The predicted octanol–water partition coefficient (Wildman–Crippen LogP) is -0.0482. The minimum Gasteiger partial charge on any atom is -0.430 e. The van der Waals surface area contributed by atoms with Gasteiger partial charge in [-0.05, 0) is 0 Å². The Bertz CT molecular complexity index is 333. The summed E-state index contributed by atoms with van der Waals surface area (Å²) in [6.07, 6.45) is 0. The lowest BCUT2D eigenvalue weighted by atomic mass is 10.5. The van der Waals surface area contributed by atoms with Gasteiger partial charge in [-0.2, -0.15) is 0 Å². The molecule has 2 rings (SSSR count). The quantitative estimate of drug-likeness (QED) is 0.370. The highest BCUT2D eigenvalue weighted by Crippen LogP contribution is 2.44. The summed E-state index contributed by atoms with van der Waals surface area (Å²) in [6, 6.07) is 2.48. The van der Waals surface area contributed by atoms with Gasteiger partial charge in [-0.1, -0.05) is 0 Å². The monoisotopic (exact) mass is 185 g/mol. The van der Waals surface area contributed by atoms with Crippen LogP contribution in [0.5, 0.6) is 0 Å². The number of rotatable bonds is 1. The van der Waals surface area contributed by atoms with Crippen LogP contribution >= 0.6 is 0 Å². The van der Waals surface area contributed by atoms with Gasteiger partial charge in [-0.15, -0.1) is 0 Å². The first-order chi connectivity index (χ1) is 6.11. The molecule has 0 atom stereocenters. The van der Waals surface area contributed by atoms with Crippen LogP contribution in [0, 0.1) is 15.9 Å². The third kappa shape index (κ3) is 1.82. The summed E-state index contributed by atoms with van der Waals surface area (Å²) in [5, 5.41) is 24.3. The third-order valence-corrected chi connectivity index (χ3v) is 1.50. The molecular weight excluding hydrogens is 180 g/mol. The average molecular weight is 185 g/mol. The van der Waals surface area contributed by atoms with Crippen LogP contribution in [-0.2, 0) is 0 Å². The molecule has 2 aliphatic carbocycles. The molecule has 2 N–H and O–H groups in total. The van der Waals surface area contributed by atoms with Crippen molar-refractivity contribution in [1.29, 1.82) is 0 Å². The number of fused-ring (bicyclic) bond motifs is 1. The van der Waals surface area contributed by atoms with E-state index in [0.717, 1.165) is 0 Å². The molecule has 68 valence electrons. The van der Waals surface area contributed by atoms with Crippen molar-refractivity contribution in [2.24, 2.45) is 0 Å². The fourth-order valence-electron chi connectivity index (χ4n) is 0.917. The molecule has 0 aromatic carbocycles. The maximum atomic E-state index is 12.2. The molecule has 0 bridgehead atoms. The summed E-state index contributed by atoms with van der Waals surface area (Å²) in [7, 11) is -0.750. The van der Waals surface area contributed by atoms with Crippen molar-refractivity contribution in [3.05, 3.63) is 28.1 Å². The summed E-state index contributed by atoms with van der Waals surface area (Å²) < 4.78 is 12.2. The first kappa shape index (κ1) is 9.62. The lowest BCUT2D eigenvalue weighted by Crippen LogP contribution is -1.82. The molecule has 0 saturated heterocycles. The molecule has 7 heteroatoms. The Hall–Kier alpha value is -1.47. The normalized spacial score (nSPS) is 9.77. The minimum absolute atomic E-state index is 0.0219. The molecule has 13 heavy (non-hydrogen) atoms. The van der Waals surface area contributed by atoms with Gasteiger partial charge in [0.25, 0.3) is 5.69 Å².